The number of fused-ring (bicyclic) bond motifs is 5. The minimum Gasteiger partial charge on any atom is -0.326 e. The summed E-state index contributed by atoms with van der Waals surface area (Å²) in [6.45, 7) is 2.24. The van der Waals surface area contributed by atoms with Crippen LogP contribution in [-0.2, 0) is 20.8 Å². The number of likely N-dealkylation sites (tertiary alicyclic amines) is 1. The van der Waals surface area contributed by atoms with Gasteiger partial charge in [0.15, 0.2) is 0 Å². The molecule has 5 nitrogen and oxygen atoms in total. The summed E-state index contributed by atoms with van der Waals surface area (Å²) in [5.41, 5.74) is 1.89. The number of nitrogens with one attached hydrogen (secondary N) is 1. The Labute approximate surface area is 147 Å². The van der Waals surface area contributed by atoms with E-state index in [1.165, 1.54) is 4.90 Å². The first-order valence-corrected chi connectivity index (χ1v) is 9.33. The van der Waals surface area contributed by atoms with Crippen LogP contribution in [0.25, 0.3) is 0 Å². The van der Waals surface area contributed by atoms with Crippen molar-refractivity contribution in [1.29, 1.82) is 0 Å². The first-order valence-electron chi connectivity index (χ1n) is 9.33. The van der Waals surface area contributed by atoms with E-state index in [1.54, 1.807) is 0 Å². The number of aryl methyl sites for hydroxylation is 1. The van der Waals surface area contributed by atoms with Gasteiger partial charge in [-0.2, -0.15) is 0 Å². The van der Waals surface area contributed by atoms with Crippen molar-refractivity contribution in [2.75, 3.05) is 11.9 Å². The summed E-state index contributed by atoms with van der Waals surface area (Å²) in [6, 6.07) is 7.70. The third-order valence-electron chi connectivity index (χ3n) is 6.25. The molecule has 1 saturated heterocycles. The summed E-state index contributed by atoms with van der Waals surface area (Å²) in [4.78, 5) is 38.9. The zero-order valence-electron chi connectivity index (χ0n) is 14.5. The second-order valence-electron chi connectivity index (χ2n) is 7.52. The lowest BCUT2D eigenvalue weighted by Gasteiger charge is -2.19. The first-order chi connectivity index (χ1) is 12.1. The van der Waals surface area contributed by atoms with E-state index in [4.69, 9.17) is 0 Å². The number of anilines is 1. The second-order valence-corrected chi connectivity index (χ2v) is 7.52. The molecule has 0 spiro atoms. The van der Waals surface area contributed by atoms with Crippen molar-refractivity contribution in [2.24, 2.45) is 23.7 Å². The van der Waals surface area contributed by atoms with E-state index < -0.39 is 0 Å². The van der Waals surface area contributed by atoms with Gasteiger partial charge in [0, 0.05) is 18.7 Å². The van der Waals surface area contributed by atoms with Crippen molar-refractivity contribution in [1.82, 2.24) is 4.90 Å². The number of amides is 3. The number of imide groups is 1. The molecule has 4 rings (SSSR count). The molecule has 1 aliphatic heterocycles. The van der Waals surface area contributed by atoms with Crippen molar-refractivity contribution in [3.63, 3.8) is 0 Å². The fourth-order valence-electron chi connectivity index (χ4n) is 5.07. The lowest BCUT2D eigenvalue weighted by atomic mass is 9.81. The lowest BCUT2D eigenvalue weighted by molar-refractivity contribution is -0.140. The predicted molar refractivity (Wildman–Crippen MR) is 93.6 cm³/mol. The summed E-state index contributed by atoms with van der Waals surface area (Å²) in [5.74, 6) is 0.350. The smallest absolute Gasteiger partial charge is 0.233 e. The Morgan fingerprint density at radius 3 is 2.40 bits per heavy atom. The van der Waals surface area contributed by atoms with Crippen LogP contribution < -0.4 is 5.32 Å². The first kappa shape index (κ1) is 16.3. The standard InChI is InChI=1S/C20H24N2O3/c1-2-12-5-3-4-6-15(12)21-16(23)9-10-22-19(24)17-13-7-8-14(11-13)18(17)20(22)25/h3-6,13-14,17-18H,2,7-11H2,1H3,(H,21,23)/t13-,14+,17-,18-/m0/s1. The maximum Gasteiger partial charge on any atom is 0.233 e. The Bertz CT molecular complexity index is 701. The molecular formula is C20H24N2O3. The van der Waals surface area contributed by atoms with Gasteiger partial charge in [-0.1, -0.05) is 25.1 Å². The number of carbonyl (C=O) groups excluding carboxylic acids is 3. The molecular weight excluding hydrogens is 316 g/mol. The Morgan fingerprint density at radius 2 is 1.76 bits per heavy atom. The normalized spacial score (nSPS) is 30.0. The van der Waals surface area contributed by atoms with E-state index in [0.717, 1.165) is 36.9 Å². The highest BCUT2D eigenvalue weighted by Crippen LogP contribution is 2.56. The van der Waals surface area contributed by atoms with Crippen LogP contribution in [0.5, 0.6) is 0 Å². The Kier molecular flexibility index (Phi) is 4.10. The summed E-state index contributed by atoms with van der Waals surface area (Å²) in [5, 5.41) is 2.91. The maximum absolute atomic E-state index is 12.6. The molecule has 1 aromatic rings. The van der Waals surface area contributed by atoms with E-state index in [1.807, 2.05) is 31.2 Å². The zero-order valence-corrected chi connectivity index (χ0v) is 14.5. The zero-order chi connectivity index (χ0) is 17.6. The van der Waals surface area contributed by atoms with E-state index in [0.29, 0.717) is 11.8 Å². The third-order valence-corrected chi connectivity index (χ3v) is 6.25. The Morgan fingerprint density at radius 1 is 1.12 bits per heavy atom. The Hall–Kier alpha value is -2.17. The SMILES string of the molecule is CCc1ccccc1NC(=O)CCN1C(=O)[C@H]2[C@@H]3CC[C@@H](C3)[C@@H]2C1=O. The number of rotatable bonds is 5. The predicted octanol–water partition coefficient (Wildman–Crippen LogP) is 2.61. The van der Waals surface area contributed by atoms with Gasteiger partial charge in [0.1, 0.15) is 0 Å². The van der Waals surface area contributed by atoms with Crippen LogP contribution in [0.1, 0.15) is 38.2 Å². The molecule has 2 saturated carbocycles. The molecule has 3 aliphatic rings. The highest BCUT2D eigenvalue weighted by Gasteiger charge is 2.60. The minimum absolute atomic E-state index is 0.0380. The van der Waals surface area contributed by atoms with Gasteiger partial charge in [-0.3, -0.25) is 19.3 Å². The van der Waals surface area contributed by atoms with Crippen molar-refractivity contribution >= 4 is 23.4 Å². The van der Waals surface area contributed by atoms with Crippen LogP contribution >= 0.6 is 0 Å². The summed E-state index contributed by atoms with van der Waals surface area (Å²) in [6.07, 6.45) is 4.19. The van der Waals surface area contributed by atoms with Gasteiger partial charge in [0.25, 0.3) is 0 Å². The van der Waals surface area contributed by atoms with Crippen molar-refractivity contribution in [3.8, 4) is 0 Å². The highest BCUT2D eigenvalue weighted by atomic mass is 16.2. The van der Waals surface area contributed by atoms with Crippen LogP contribution in [0.2, 0.25) is 0 Å². The molecule has 3 fully saturated rings. The van der Waals surface area contributed by atoms with Crippen LogP contribution in [0, 0.1) is 23.7 Å². The van der Waals surface area contributed by atoms with Crippen molar-refractivity contribution < 1.29 is 14.4 Å². The molecule has 2 aliphatic carbocycles. The van der Waals surface area contributed by atoms with Crippen molar-refractivity contribution in [3.05, 3.63) is 29.8 Å². The second kappa shape index (κ2) is 6.28. The third kappa shape index (κ3) is 2.66. The molecule has 132 valence electrons. The number of hydrogen-bond acceptors (Lipinski definition) is 3. The molecule has 0 aromatic heterocycles. The average Bonchev–Trinajstić information content (AvgIpc) is 3.28. The quantitative estimate of drug-likeness (QED) is 0.838. The molecule has 4 atom stereocenters. The van der Waals surface area contributed by atoms with Crippen LogP contribution in [0.3, 0.4) is 0 Å². The number of hydrogen-bond donors (Lipinski definition) is 1. The highest BCUT2D eigenvalue weighted by molar-refractivity contribution is 6.06. The summed E-state index contributed by atoms with van der Waals surface area (Å²) in [7, 11) is 0. The van der Waals surface area contributed by atoms with Gasteiger partial charge in [0.05, 0.1) is 11.8 Å². The molecule has 0 radical (unpaired) electrons. The molecule has 1 N–H and O–H groups in total. The van der Waals surface area contributed by atoms with Gasteiger partial charge < -0.3 is 5.32 Å². The average molecular weight is 340 g/mol. The summed E-state index contributed by atoms with van der Waals surface area (Å²) < 4.78 is 0. The van der Waals surface area contributed by atoms with Gasteiger partial charge in [0.2, 0.25) is 17.7 Å². The molecule has 5 heteroatoms. The fraction of sp³-hybridized carbons (Fsp3) is 0.550. The van der Waals surface area contributed by atoms with Gasteiger partial charge >= 0.3 is 0 Å². The number of benzene rings is 1. The van der Waals surface area contributed by atoms with Gasteiger partial charge in [-0.25, -0.2) is 0 Å². The van der Waals surface area contributed by atoms with Crippen LogP contribution in [-0.4, -0.2) is 29.2 Å². The molecule has 25 heavy (non-hydrogen) atoms. The Balaban J connectivity index is 1.38. The maximum atomic E-state index is 12.6. The van der Waals surface area contributed by atoms with E-state index in [-0.39, 0.29) is 42.5 Å². The van der Waals surface area contributed by atoms with E-state index in [2.05, 4.69) is 5.32 Å². The van der Waals surface area contributed by atoms with E-state index in [9.17, 15) is 14.4 Å². The largest absolute Gasteiger partial charge is 0.326 e. The van der Waals surface area contributed by atoms with Crippen molar-refractivity contribution in [2.45, 2.75) is 39.0 Å². The molecule has 0 unspecified atom stereocenters. The number of nitrogens with zero attached hydrogens (tertiary/aromatic N) is 1. The molecule has 1 heterocycles. The fourth-order valence-corrected chi connectivity index (χ4v) is 5.07. The minimum atomic E-state index is -0.151. The summed E-state index contributed by atoms with van der Waals surface area (Å²) >= 11 is 0. The topological polar surface area (TPSA) is 66.5 Å². The molecule has 1 aromatic carbocycles. The van der Waals surface area contributed by atoms with Crippen LogP contribution in [0.15, 0.2) is 24.3 Å². The number of para-hydroxylation sites is 1. The van der Waals surface area contributed by atoms with Gasteiger partial charge in [-0.05, 0) is 49.1 Å². The van der Waals surface area contributed by atoms with Gasteiger partial charge in [-0.15, -0.1) is 0 Å². The van der Waals surface area contributed by atoms with E-state index >= 15 is 0 Å². The lowest BCUT2D eigenvalue weighted by Crippen LogP contribution is -2.35. The van der Waals surface area contributed by atoms with Crippen LogP contribution in [0.4, 0.5) is 5.69 Å². The monoisotopic (exact) mass is 340 g/mol. The molecule has 3 amide bonds. The number of carbonyl (C=O) groups is 3. The molecule has 2 bridgehead atoms.